The van der Waals surface area contributed by atoms with Crippen LogP contribution in [0, 0.1) is 23.7 Å². The number of imidazole rings is 4. The largest absolute Gasteiger partial charge is 0.345 e. The zero-order valence-corrected chi connectivity index (χ0v) is 80.7. The minimum absolute atomic E-state index is 0.203. The molecule has 6 saturated carbocycles. The number of hydrogen-bond donors (Lipinski definition) is 1. The molecule has 8 heterocycles. The van der Waals surface area contributed by atoms with Crippen LogP contribution in [0.1, 0.15) is 311 Å². The summed E-state index contributed by atoms with van der Waals surface area (Å²) in [6, 6.07) is 54.5. The fourth-order valence-corrected chi connectivity index (χ4v) is 16.1. The van der Waals surface area contributed by atoms with Gasteiger partial charge >= 0.3 is 0 Å². The van der Waals surface area contributed by atoms with E-state index in [1.54, 1.807) is 6.33 Å². The Balaban J connectivity index is 0.000000111. The molecule has 0 bridgehead atoms. The molecule has 0 amide bonds. The summed E-state index contributed by atoms with van der Waals surface area (Å²) in [6.45, 7) is 59.2. The molecule has 6 aliphatic carbocycles. The van der Waals surface area contributed by atoms with Gasteiger partial charge in [-0.05, 0) is 279 Å². The lowest BCUT2D eigenvalue weighted by atomic mass is 9.85. The Morgan fingerprint density at radius 1 is 0.317 bits per heavy atom. The van der Waals surface area contributed by atoms with Crippen LogP contribution in [0.4, 0.5) is 0 Å². The summed E-state index contributed by atoms with van der Waals surface area (Å²) in [5.74, 6) is 3.55. The highest BCUT2D eigenvalue weighted by Crippen LogP contribution is 2.42. The van der Waals surface area contributed by atoms with E-state index in [1.807, 2.05) is 31.4 Å². The third-order valence-electron chi connectivity index (χ3n) is 25.9. The van der Waals surface area contributed by atoms with E-state index in [9.17, 15) is 0 Å². The summed E-state index contributed by atoms with van der Waals surface area (Å²) in [7, 11) is 0. The van der Waals surface area contributed by atoms with Gasteiger partial charge in [0.2, 0.25) is 0 Å². The Kier molecular flexibility index (Phi) is 25.7. The lowest BCUT2D eigenvalue weighted by Gasteiger charge is -2.19. The van der Waals surface area contributed by atoms with E-state index in [1.165, 1.54) is 171 Å². The quantitative estimate of drug-likeness (QED) is 0.143. The monoisotopic (exact) mass is 1690 g/mol. The lowest BCUT2D eigenvalue weighted by molar-refractivity contribution is 0.567. The van der Waals surface area contributed by atoms with Crippen molar-refractivity contribution in [2.24, 2.45) is 28.7 Å². The molecule has 0 radical (unpaired) electrons. The van der Waals surface area contributed by atoms with E-state index in [-0.39, 0.29) is 43.3 Å². The number of aliphatic imine (C=N–C) groups is 1. The standard InChI is InChI=1S/4C15H20N2.2C14H18N2.C12H15N.C11H14N2/c1-15(2,3)13-6-7-14-12(8-13)10-17(16-14)9-11-4-5-11;1-15(2,3)13-7-6-12-10-17(9-11-4-5-11)16-14(12)8-13;1-15(2,3)12-6-7-14-13(8-12)16-10-17(14)9-11-4-5-11;1-15(2,3)12-6-7-13-14(8-12)17(10-16-13)9-11-4-5-11;1-14(2,3)10-4-7-12-13(8-10)16(9-15-12)11-5-6-11;1-14(2,3)11-5-4-10-9-15-16(12-6-7-12)13(10)8-11;1-12(2,3)11-5-4-9-7-13-8-10(9)6-11;1-11(2,3)8-4-5-9-10(6-8)13-7-12-9/h4*6-8,10-11H,4-5,9H2,1-3H3;4,7-9,11H,5-6H2,1-3H3;4-5,8-9,12H,6-7H2,1-3H3;4-6,8H,7H2,1-3H3;4-7H,1-3H3,(H,12,13). The maximum Gasteiger partial charge on any atom is 0.0960 e. The topological polar surface area (TPSA) is 148 Å². The second-order valence-corrected chi connectivity index (χ2v) is 45.9. The molecule has 0 saturated heterocycles. The molecular weight excluding hydrogens is 1540 g/mol. The summed E-state index contributed by atoms with van der Waals surface area (Å²) in [5, 5.41) is 17.6. The number of benzene rings is 8. The molecule has 15 heteroatoms. The Bertz CT molecular complexity index is 6050. The molecule has 126 heavy (non-hydrogen) atoms. The summed E-state index contributed by atoms with van der Waals surface area (Å²) in [5.41, 5.74) is 28.4. The van der Waals surface area contributed by atoms with Crippen LogP contribution in [0.2, 0.25) is 0 Å². The molecule has 1 N–H and O–H groups in total. The zero-order chi connectivity index (χ0) is 89.8. The van der Waals surface area contributed by atoms with Crippen molar-refractivity contribution in [2.45, 2.75) is 331 Å². The smallest absolute Gasteiger partial charge is 0.0960 e. The molecule has 15 nitrogen and oxygen atoms in total. The van der Waals surface area contributed by atoms with Crippen molar-refractivity contribution in [3.63, 3.8) is 0 Å². The van der Waals surface area contributed by atoms with Gasteiger partial charge < -0.3 is 18.7 Å². The molecule has 664 valence electrons. The van der Waals surface area contributed by atoms with Gasteiger partial charge in [0.05, 0.1) is 105 Å². The highest BCUT2D eigenvalue weighted by molar-refractivity contribution is 5.85. The van der Waals surface area contributed by atoms with Crippen molar-refractivity contribution < 1.29 is 0 Å². The number of aromatic nitrogens is 14. The zero-order valence-electron chi connectivity index (χ0n) is 80.7. The average molecular weight is 1690 g/mol. The fraction of sp³-hybridized carbons (Fsp3) is 0.495. The van der Waals surface area contributed by atoms with Crippen molar-refractivity contribution in [1.29, 1.82) is 0 Å². The van der Waals surface area contributed by atoms with Crippen LogP contribution in [-0.4, -0.2) is 74.2 Å². The molecule has 15 aromatic rings. The van der Waals surface area contributed by atoms with Gasteiger partial charge in [-0.1, -0.05) is 233 Å². The third kappa shape index (κ3) is 23.5. The minimum Gasteiger partial charge on any atom is -0.345 e. The van der Waals surface area contributed by atoms with E-state index in [4.69, 9.17) is 0 Å². The molecule has 8 aromatic carbocycles. The molecule has 0 spiro atoms. The maximum absolute atomic E-state index is 4.68. The van der Waals surface area contributed by atoms with Gasteiger partial charge in [0.25, 0.3) is 0 Å². The van der Waals surface area contributed by atoms with Gasteiger partial charge in [0.15, 0.2) is 0 Å². The van der Waals surface area contributed by atoms with E-state index in [0.29, 0.717) is 12.1 Å². The van der Waals surface area contributed by atoms with Crippen molar-refractivity contribution in [3.05, 3.63) is 245 Å². The summed E-state index contributed by atoms with van der Waals surface area (Å²) >= 11 is 0. The van der Waals surface area contributed by atoms with Gasteiger partial charge in [-0.2, -0.15) is 15.3 Å². The Hall–Kier alpha value is -10.3. The van der Waals surface area contributed by atoms with Crippen LogP contribution in [0.3, 0.4) is 0 Å². The molecule has 7 aromatic heterocycles. The van der Waals surface area contributed by atoms with Crippen molar-refractivity contribution in [1.82, 2.24) is 68.0 Å². The highest BCUT2D eigenvalue weighted by atomic mass is 15.3. The number of hydrogen-bond acceptors (Lipinski definition) is 8. The first-order chi connectivity index (χ1) is 59.4. The van der Waals surface area contributed by atoms with Crippen LogP contribution >= 0.6 is 0 Å². The highest BCUT2D eigenvalue weighted by Gasteiger charge is 2.31. The average Bonchev–Trinajstić information content (AvgIpc) is 1.63. The lowest BCUT2D eigenvalue weighted by Crippen LogP contribution is -2.11. The fourth-order valence-electron chi connectivity index (χ4n) is 16.1. The van der Waals surface area contributed by atoms with Crippen LogP contribution in [0.25, 0.3) is 76.8 Å². The number of nitrogens with zero attached hydrogens (tertiary/aromatic N) is 14. The van der Waals surface area contributed by atoms with Crippen molar-refractivity contribution in [2.75, 3.05) is 0 Å². The predicted molar refractivity (Wildman–Crippen MR) is 529 cm³/mol. The first-order valence-electron chi connectivity index (χ1n) is 47.3. The number of fused-ring (bicyclic) bond motifs is 8. The Morgan fingerprint density at radius 2 is 0.722 bits per heavy atom. The van der Waals surface area contributed by atoms with Crippen LogP contribution in [-0.2, 0) is 76.0 Å². The molecule has 0 unspecified atom stereocenters. The van der Waals surface area contributed by atoms with Crippen molar-refractivity contribution in [3.8, 4) is 0 Å². The molecular formula is C111H145N15. The first-order valence-corrected chi connectivity index (χ1v) is 47.3. The predicted octanol–water partition coefficient (Wildman–Crippen LogP) is 28.1. The summed E-state index contributed by atoms with van der Waals surface area (Å²) in [6.07, 6.45) is 32.3. The summed E-state index contributed by atoms with van der Waals surface area (Å²) < 4.78 is 13.4. The normalized spacial score (nSPS) is 16.1. The number of nitrogens with one attached hydrogen (secondary N) is 1. The number of H-pyrrole nitrogens is 1. The van der Waals surface area contributed by atoms with E-state index in [0.717, 1.165) is 95.0 Å². The number of aromatic amines is 1. The van der Waals surface area contributed by atoms with Gasteiger partial charge in [-0.25, -0.2) is 19.9 Å². The Labute approximate surface area is 751 Å². The van der Waals surface area contributed by atoms with E-state index >= 15 is 0 Å². The summed E-state index contributed by atoms with van der Waals surface area (Å²) in [4.78, 5) is 25.0. The van der Waals surface area contributed by atoms with Crippen LogP contribution in [0.5, 0.6) is 0 Å². The minimum atomic E-state index is 0.203. The van der Waals surface area contributed by atoms with Crippen LogP contribution < -0.4 is 0 Å². The van der Waals surface area contributed by atoms with Gasteiger partial charge in [-0.15, -0.1) is 0 Å². The van der Waals surface area contributed by atoms with Crippen molar-refractivity contribution >= 4 is 83.1 Å². The Morgan fingerprint density at radius 3 is 1.26 bits per heavy atom. The second-order valence-electron chi connectivity index (χ2n) is 45.9. The van der Waals surface area contributed by atoms with Gasteiger partial charge in [-0.3, -0.25) is 19.0 Å². The van der Waals surface area contributed by atoms with Crippen LogP contribution in [0.15, 0.2) is 194 Å². The molecule has 1 aliphatic heterocycles. The molecule has 6 fully saturated rings. The number of rotatable bonds is 10. The molecule has 0 atom stereocenters. The van der Waals surface area contributed by atoms with Gasteiger partial charge in [0.1, 0.15) is 0 Å². The van der Waals surface area contributed by atoms with E-state index < -0.39 is 0 Å². The van der Waals surface area contributed by atoms with Gasteiger partial charge in [0, 0.05) is 67.0 Å². The van der Waals surface area contributed by atoms with E-state index in [2.05, 4.69) is 397 Å². The third-order valence-corrected chi connectivity index (χ3v) is 25.9. The second kappa shape index (κ2) is 35.7. The molecule has 22 rings (SSSR count). The first kappa shape index (κ1) is 90.5. The maximum atomic E-state index is 4.68. The molecule has 7 aliphatic rings. The SMILES string of the molecule is CC(C)(C)c1ccc2c(c1)C=NC2.CC(C)(C)c1ccc2c(c1)ncn2CC1CC1.CC(C)(C)c1ccc2cn(CC3CC3)nc2c1.CC(C)(C)c1ccc2cnn(C3CC3)c2c1.CC(C)(C)c1ccc2nc[nH]c2c1.CC(C)(C)c1ccc2ncn(C3CC3)c2c1.CC(C)(C)c1ccc2ncn(CC3CC3)c2c1.CC(C)(C)c1ccc2nn(CC3CC3)cc2c1.